The van der Waals surface area contributed by atoms with Crippen LogP contribution in [0.15, 0.2) is 60.7 Å². The topological polar surface area (TPSA) is 78.9 Å². The van der Waals surface area contributed by atoms with Gasteiger partial charge in [0, 0.05) is 22.6 Å². The number of hydrogen-bond donors (Lipinski definition) is 1. The average Bonchev–Trinajstić information content (AvgIpc) is 3.33. The molecular weight excluding hydrogens is 422 g/mol. The van der Waals surface area contributed by atoms with E-state index in [9.17, 15) is 0 Å². The Morgan fingerprint density at radius 2 is 1.68 bits per heavy atom. The number of pyridine rings is 1. The molecule has 0 radical (unpaired) electrons. The Balaban J connectivity index is 1.69. The Labute approximate surface area is 200 Å². The summed E-state index contributed by atoms with van der Waals surface area (Å²) in [6.07, 6.45) is 1.78. The first-order valence-corrected chi connectivity index (χ1v) is 12.0. The van der Waals surface area contributed by atoms with Gasteiger partial charge >= 0.3 is 0 Å². The molecule has 0 fully saturated rings. The molecule has 0 saturated carbocycles. The van der Waals surface area contributed by atoms with Crippen LogP contribution in [0, 0.1) is 0 Å². The fourth-order valence-electron chi connectivity index (χ4n) is 4.62. The van der Waals surface area contributed by atoms with Crippen molar-refractivity contribution in [2.75, 3.05) is 0 Å². The largest absolute Gasteiger partial charge is 0.468 e. The van der Waals surface area contributed by atoms with Crippen LogP contribution in [0.4, 0.5) is 0 Å². The second-order valence-electron chi connectivity index (χ2n) is 9.27. The fourth-order valence-corrected chi connectivity index (χ4v) is 4.62. The van der Waals surface area contributed by atoms with E-state index in [0.29, 0.717) is 12.5 Å². The van der Waals surface area contributed by atoms with E-state index in [1.165, 1.54) is 0 Å². The molecule has 6 nitrogen and oxygen atoms in total. The number of ether oxygens (including phenoxy) is 1. The Bertz CT molecular complexity index is 1300. The van der Waals surface area contributed by atoms with Crippen LogP contribution in [0.1, 0.15) is 63.7 Å². The monoisotopic (exact) mass is 453 g/mol. The van der Waals surface area contributed by atoms with Gasteiger partial charge in [-0.2, -0.15) is 0 Å². The zero-order valence-electron chi connectivity index (χ0n) is 20.2. The lowest BCUT2D eigenvalue weighted by atomic mass is 9.85. The van der Waals surface area contributed by atoms with Crippen LogP contribution in [0.25, 0.3) is 28.1 Å². The SMILES string of the molecule is CCC(N)(CC)c1ccc(-c2nc3c(cc2-c2ccccc2)-n2c(nnc2C(C)C)CO3)cc1. The highest BCUT2D eigenvalue weighted by atomic mass is 16.5. The first-order chi connectivity index (χ1) is 16.4. The van der Waals surface area contributed by atoms with Gasteiger partial charge in [0.1, 0.15) is 11.5 Å². The Hall–Kier alpha value is -3.51. The maximum Gasteiger partial charge on any atom is 0.239 e. The second-order valence-corrected chi connectivity index (χ2v) is 9.27. The van der Waals surface area contributed by atoms with Crippen LogP contribution in [-0.4, -0.2) is 19.7 Å². The molecule has 0 saturated heterocycles. The predicted molar refractivity (Wildman–Crippen MR) is 135 cm³/mol. The molecule has 0 amide bonds. The van der Waals surface area contributed by atoms with Gasteiger partial charge in [-0.05, 0) is 30.0 Å². The van der Waals surface area contributed by atoms with Crippen LogP contribution in [0.3, 0.4) is 0 Å². The summed E-state index contributed by atoms with van der Waals surface area (Å²) in [4.78, 5) is 5.04. The molecule has 2 aromatic carbocycles. The number of nitrogens with zero attached hydrogens (tertiary/aromatic N) is 4. The average molecular weight is 454 g/mol. The van der Waals surface area contributed by atoms with E-state index in [1.807, 2.05) is 18.2 Å². The number of benzene rings is 2. The zero-order valence-corrected chi connectivity index (χ0v) is 20.2. The molecule has 2 N–H and O–H groups in total. The van der Waals surface area contributed by atoms with Crippen LogP contribution in [-0.2, 0) is 12.1 Å². The van der Waals surface area contributed by atoms with E-state index >= 15 is 0 Å². The van der Waals surface area contributed by atoms with E-state index in [2.05, 4.69) is 84.9 Å². The molecule has 0 atom stereocenters. The van der Waals surface area contributed by atoms with E-state index in [1.54, 1.807) is 0 Å². The van der Waals surface area contributed by atoms with Crippen molar-refractivity contribution in [3.8, 4) is 34.0 Å². The molecule has 6 heteroatoms. The lowest BCUT2D eigenvalue weighted by molar-refractivity contribution is 0.267. The van der Waals surface area contributed by atoms with Crippen molar-refractivity contribution in [1.29, 1.82) is 0 Å². The molecule has 34 heavy (non-hydrogen) atoms. The summed E-state index contributed by atoms with van der Waals surface area (Å²) in [5.41, 5.74) is 12.4. The maximum atomic E-state index is 6.64. The quantitative estimate of drug-likeness (QED) is 0.388. The zero-order chi connectivity index (χ0) is 23.9. The molecular formula is C28H31N5O. The molecule has 174 valence electrons. The van der Waals surface area contributed by atoms with Crippen molar-refractivity contribution in [2.24, 2.45) is 5.73 Å². The van der Waals surface area contributed by atoms with Crippen molar-refractivity contribution in [3.05, 3.63) is 77.9 Å². The second kappa shape index (κ2) is 8.69. The molecule has 3 heterocycles. The smallest absolute Gasteiger partial charge is 0.239 e. The number of rotatable bonds is 6. The molecule has 1 aliphatic rings. The minimum absolute atomic E-state index is 0.230. The number of aromatic nitrogens is 4. The summed E-state index contributed by atoms with van der Waals surface area (Å²) in [5.74, 6) is 2.54. The van der Waals surface area contributed by atoms with Gasteiger partial charge in [-0.25, -0.2) is 4.98 Å². The van der Waals surface area contributed by atoms with Crippen molar-refractivity contribution >= 4 is 0 Å². The van der Waals surface area contributed by atoms with E-state index in [4.69, 9.17) is 15.5 Å². The fraction of sp³-hybridized carbons (Fsp3) is 0.321. The third-order valence-electron chi connectivity index (χ3n) is 6.90. The molecule has 1 aliphatic heterocycles. The Morgan fingerprint density at radius 1 is 0.971 bits per heavy atom. The van der Waals surface area contributed by atoms with Crippen LogP contribution in [0.5, 0.6) is 5.88 Å². The third kappa shape index (κ3) is 3.68. The van der Waals surface area contributed by atoms with E-state index in [-0.39, 0.29) is 11.5 Å². The lowest BCUT2D eigenvalue weighted by Crippen LogP contribution is -2.34. The summed E-state index contributed by atoms with van der Waals surface area (Å²) >= 11 is 0. The van der Waals surface area contributed by atoms with E-state index in [0.717, 1.165) is 58.1 Å². The van der Waals surface area contributed by atoms with Crippen molar-refractivity contribution in [2.45, 2.75) is 58.6 Å². The number of nitrogens with two attached hydrogens (primary N) is 1. The summed E-state index contributed by atoms with van der Waals surface area (Å²) < 4.78 is 8.15. The highest BCUT2D eigenvalue weighted by Crippen LogP contribution is 2.40. The molecule has 4 aromatic rings. The van der Waals surface area contributed by atoms with Gasteiger partial charge in [0.15, 0.2) is 12.4 Å². The molecule has 5 rings (SSSR count). The first-order valence-electron chi connectivity index (χ1n) is 12.0. The number of hydrogen-bond acceptors (Lipinski definition) is 5. The predicted octanol–water partition coefficient (Wildman–Crippen LogP) is 5.99. The number of fused-ring (bicyclic) bond motifs is 3. The Morgan fingerprint density at radius 3 is 2.32 bits per heavy atom. The molecule has 0 unspecified atom stereocenters. The first kappa shape index (κ1) is 22.3. The van der Waals surface area contributed by atoms with Crippen LogP contribution >= 0.6 is 0 Å². The standard InChI is InChI=1S/C28H31N5O/c1-5-28(29,6-2)21-14-12-20(13-15-21)25-22(19-10-8-7-9-11-19)16-23-27(30-25)34-17-24-31-32-26(18(3)4)33(23)24/h7-16,18H,5-6,17,29H2,1-4H3. The van der Waals surface area contributed by atoms with E-state index < -0.39 is 0 Å². The highest BCUT2D eigenvalue weighted by molar-refractivity contribution is 5.83. The normalized spacial score (nSPS) is 12.9. The van der Waals surface area contributed by atoms with Crippen molar-refractivity contribution in [1.82, 2.24) is 19.7 Å². The van der Waals surface area contributed by atoms with Gasteiger partial charge in [0.25, 0.3) is 0 Å². The van der Waals surface area contributed by atoms with Crippen LogP contribution < -0.4 is 10.5 Å². The molecule has 0 spiro atoms. The van der Waals surface area contributed by atoms with Crippen LogP contribution in [0.2, 0.25) is 0 Å². The summed E-state index contributed by atoms with van der Waals surface area (Å²) in [7, 11) is 0. The minimum atomic E-state index is -0.314. The van der Waals surface area contributed by atoms with Gasteiger partial charge in [0.2, 0.25) is 5.88 Å². The summed E-state index contributed by atoms with van der Waals surface area (Å²) in [5, 5.41) is 8.78. The Kier molecular flexibility index (Phi) is 5.70. The van der Waals surface area contributed by atoms with Crippen molar-refractivity contribution < 1.29 is 4.74 Å². The molecule has 0 aliphatic carbocycles. The molecule has 0 bridgehead atoms. The highest BCUT2D eigenvalue weighted by Gasteiger charge is 2.28. The maximum absolute atomic E-state index is 6.64. The lowest BCUT2D eigenvalue weighted by Gasteiger charge is -2.27. The van der Waals surface area contributed by atoms with Crippen molar-refractivity contribution in [3.63, 3.8) is 0 Å². The van der Waals surface area contributed by atoms with Gasteiger partial charge in [-0.15, -0.1) is 10.2 Å². The van der Waals surface area contributed by atoms with Gasteiger partial charge < -0.3 is 10.5 Å². The van der Waals surface area contributed by atoms with Gasteiger partial charge in [-0.3, -0.25) is 4.57 Å². The minimum Gasteiger partial charge on any atom is -0.468 e. The van der Waals surface area contributed by atoms with Gasteiger partial charge in [0.05, 0.1) is 5.69 Å². The van der Waals surface area contributed by atoms with Gasteiger partial charge in [-0.1, -0.05) is 82.3 Å². The summed E-state index contributed by atoms with van der Waals surface area (Å²) in [6.45, 7) is 8.87. The third-order valence-corrected chi connectivity index (χ3v) is 6.90. The summed E-state index contributed by atoms with van der Waals surface area (Å²) in [6, 6.07) is 21.0. The molecule has 2 aromatic heterocycles.